The van der Waals surface area contributed by atoms with Crippen molar-refractivity contribution in [3.05, 3.63) is 27.1 Å². The van der Waals surface area contributed by atoms with Gasteiger partial charge in [0.05, 0.1) is 17.9 Å². The highest BCUT2D eigenvalue weighted by Crippen LogP contribution is 2.15. The van der Waals surface area contributed by atoms with E-state index in [2.05, 4.69) is 28.8 Å². The van der Waals surface area contributed by atoms with Crippen molar-refractivity contribution in [3.8, 4) is 0 Å². The molecule has 0 aromatic carbocycles. The molecule has 1 saturated heterocycles. The van der Waals surface area contributed by atoms with Gasteiger partial charge < -0.3 is 4.74 Å². The number of rotatable bonds is 3. The first-order chi connectivity index (χ1) is 10.0. The summed E-state index contributed by atoms with van der Waals surface area (Å²) in [4.78, 5) is 19.7. The predicted molar refractivity (Wildman–Crippen MR) is 81.8 cm³/mol. The summed E-state index contributed by atoms with van der Waals surface area (Å²) in [5.41, 5.74) is 0.716. The molecule has 1 fully saturated rings. The minimum Gasteiger partial charge on any atom is -0.373 e. The minimum absolute atomic E-state index is 0.0969. The minimum atomic E-state index is -0.0969. The van der Waals surface area contributed by atoms with Crippen LogP contribution in [0.2, 0.25) is 0 Å². The van der Waals surface area contributed by atoms with Crippen molar-refractivity contribution < 1.29 is 4.74 Å². The smallest absolute Gasteiger partial charge is 0.275 e. The lowest BCUT2D eigenvalue weighted by Crippen LogP contribution is -2.45. The summed E-state index contributed by atoms with van der Waals surface area (Å²) in [5.74, 6) is 0. The summed E-state index contributed by atoms with van der Waals surface area (Å²) in [5, 5.41) is 5.20. The Balaban J connectivity index is 1.85. The molecule has 0 N–H and O–H groups in total. The lowest BCUT2D eigenvalue weighted by Gasteiger charge is -2.34. The van der Waals surface area contributed by atoms with E-state index in [1.807, 2.05) is 6.92 Å². The van der Waals surface area contributed by atoms with Crippen LogP contribution in [0, 0.1) is 0 Å². The lowest BCUT2D eigenvalue weighted by molar-refractivity contribution is -0.0707. The van der Waals surface area contributed by atoms with Crippen LogP contribution in [0.15, 0.2) is 10.9 Å². The number of nitrogens with zero attached hydrogens (tertiary/aromatic N) is 4. The molecule has 0 radical (unpaired) electrons. The van der Waals surface area contributed by atoms with Crippen molar-refractivity contribution in [2.24, 2.45) is 0 Å². The number of ether oxygens (including phenoxy) is 1. The van der Waals surface area contributed by atoms with E-state index in [1.54, 1.807) is 6.07 Å². The normalized spacial score (nSPS) is 23.8. The number of aryl methyl sites for hydroxylation is 1. The fourth-order valence-electron chi connectivity index (χ4n) is 2.76. The Morgan fingerprint density at radius 2 is 2.10 bits per heavy atom. The Morgan fingerprint density at radius 1 is 1.38 bits per heavy atom. The van der Waals surface area contributed by atoms with Crippen LogP contribution in [0.4, 0.5) is 0 Å². The van der Waals surface area contributed by atoms with Crippen LogP contribution >= 0.6 is 11.3 Å². The largest absolute Gasteiger partial charge is 0.373 e. The van der Waals surface area contributed by atoms with Gasteiger partial charge in [-0.2, -0.15) is 9.61 Å². The zero-order chi connectivity index (χ0) is 15.0. The van der Waals surface area contributed by atoms with E-state index < -0.39 is 0 Å². The zero-order valence-electron chi connectivity index (χ0n) is 12.6. The second kappa shape index (κ2) is 5.82. The summed E-state index contributed by atoms with van der Waals surface area (Å²) < 4.78 is 7.13. The van der Waals surface area contributed by atoms with Crippen LogP contribution in [0.5, 0.6) is 0 Å². The number of morpholine rings is 1. The van der Waals surface area contributed by atoms with Gasteiger partial charge in [-0.15, -0.1) is 0 Å². The Morgan fingerprint density at radius 3 is 2.76 bits per heavy atom. The van der Waals surface area contributed by atoms with E-state index in [0.29, 0.717) is 11.5 Å². The van der Waals surface area contributed by atoms with Gasteiger partial charge in [0, 0.05) is 25.7 Å². The maximum atomic E-state index is 12.1. The molecule has 1 aliphatic heterocycles. The average molecular weight is 308 g/mol. The molecule has 2 aromatic heterocycles. The first-order valence-electron chi connectivity index (χ1n) is 7.31. The third-order valence-electron chi connectivity index (χ3n) is 3.52. The SMILES string of the molecule is CCc1nn2c(=O)cc(CN3C[C@H](C)O[C@@H](C)C3)nc2s1. The van der Waals surface area contributed by atoms with Crippen LogP contribution in [-0.4, -0.2) is 44.8 Å². The van der Waals surface area contributed by atoms with Crippen LogP contribution < -0.4 is 5.56 Å². The Labute approximate surface area is 127 Å². The van der Waals surface area contributed by atoms with E-state index >= 15 is 0 Å². The van der Waals surface area contributed by atoms with E-state index in [1.165, 1.54) is 15.9 Å². The molecule has 2 atom stereocenters. The fraction of sp³-hybridized carbons (Fsp3) is 0.643. The van der Waals surface area contributed by atoms with Gasteiger partial charge in [0.1, 0.15) is 5.01 Å². The number of aromatic nitrogens is 3. The van der Waals surface area contributed by atoms with Crippen molar-refractivity contribution >= 4 is 16.3 Å². The topological polar surface area (TPSA) is 59.7 Å². The number of hydrogen-bond acceptors (Lipinski definition) is 6. The maximum absolute atomic E-state index is 12.1. The lowest BCUT2D eigenvalue weighted by atomic mass is 10.2. The molecule has 114 valence electrons. The molecule has 0 spiro atoms. The molecule has 0 amide bonds. The first kappa shape index (κ1) is 14.6. The van der Waals surface area contributed by atoms with Gasteiger partial charge in [-0.3, -0.25) is 9.69 Å². The van der Waals surface area contributed by atoms with Crippen LogP contribution in [0.25, 0.3) is 4.96 Å². The molecule has 21 heavy (non-hydrogen) atoms. The second-order valence-electron chi connectivity index (χ2n) is 5.58. The molecule has 0 aliphatic carbocycles. The highest BCUT2D eigenvalue weighted by molar-refractivity contribution is 7.16. The molecular weight excluding hydrogens is 288 g/mol. The van der Waals surface area contributed by atoms with Crippen molar-refractivity contribution in [1.82, 2.24) is 19.5 Å². The van der Waals surface area contributed by atoms with Gasteiger partial charge in [-0.05, 0) is 20.3 Å². The highest BCUT2D eigenvalue weighted by Gasteiger charge is 2.22. The van der Waals surface area contributed by atoms with Gasteiger partial charge in [-0.25, -0.2) is 4.98 Å². The van der Waals surface area contributed by atoms with Crippen molar-refractivity contribution in [3.63, 3.8) is 0 Å². The molecule has 3 heterocycles. The van der Waals surface area contributed by atoms with Gasteiger partial charge in [-0.1, -0.05) is 18.3 Å². The van der Waals surface area contributed by atoms with Crippen molar-refractivity contribution in [2.75, 3.05) is 13.1 Å². The molecule has 3 rings (SSSR count). The predicted octanol–water partition coefficient (Wildman–Crippen LogP) is 1.32. The van der Waals surface area contributed by atoms with Crippen molar-refractivity contribution in [1.29, 1.82) is 0 Å². The molecular formula is C14H20N4O2S. The number of fused-ring (bicyclic) bond motifs is 1. The van der Waals surface area contributed by atoms with E-state index in [4.69, 9.17) is 4.74 Å². The maximum Gasteiger partial charge on any atom is 0.275 e. The third-order valence-corrected chi connectivity index (χ3v) is 4.58. The van der Waals surface area contributed by atoms with Gasteiger partial charge in [0.2, 0.25) is 4.96 Å². The van der Waals surface area contributed by atoms with Crippen molar-refractivity contribution in [2.45, 2.75) is 45.9 Å². The van der Waals surface area contributed by atoms with E-state index in [9.17, 15) is 4.79 Å². The van der Waals surface area contributed by atoms with E-state index in [0.717, 1.165) is 30.2 Å². The first-order valence-corrected chi connectivity index (χ1v) is 8.13. The van der Waals surface area contributed by atoms with Crippen LogP contribution in [0.1, 0.15) is 31.5 Å². The monoisotopic (exact) mass is 308 g/mol. The standard InChI is InChI=1S/C14H20N4O2S/c1-4-12-16-18-13(19)5-11(15-14(18)21-12)8-17-6-9(2)20-10(3)7-17/h5,9-10H,4,6-8H2,1-3H3/t9-,10-/m0/s1. The molecule has 0 unspecified atom stereocenters. The summed E-state index contributed by atoms with van der Waals surface area (Å²) in [6.07, 6.45) is 1.25. The second-order valence-corrected chi connectivity index (χ2v) is 6.62. The Bertz CT molecular complexity index is 686. The summed E-state index contributed by atoms with van der Waals surface area (Å²) in [7, 11) is 0. The third kappa shape index (κ3) is 3.14. The fourth-order valence-corrected chi connectivity index (χ4v) is 3.62. The average Bonchev–Trinajstić information content (AvgIpc) is 2.81. The molecule has 6 nitrogen and oxygen atoms in total. The van der Waals surface area contributed by atoms with Crippen LogP contribution in [-0.2, 0) is 17.7 Å². The van der Waals surface area contributed by atoms with E-state index in [-0.39, 0.29) is 17.8 Å². The van der Waals surface area contributed by atoms with Crippen LogP contribution in [0.3, 0.4) is 0 Å². The Hall–Kier alpha value is -1.31. The zero-order valence-corrected chi connectivity index (χ0v) is 13.4. The number of hydrogen-bond donors (Lipinski definition) is 0. The van der Waals surface area contributed by atoms with Gasteiger partial charge in [0.25, 0.3) is 5.56 Å². The molecule has 1 aliphatic rings. The quantitative estimate of drug-likeness (QED) is 0.856. The molecule has 0 bridgehead atoms. The van der Waals surface area contributed by atoms with Gasteiger partial charge >= 0.3 is 0 Å². The summed E-state index contributed by atoms with van der Waals surface area (Å²) in [6.45, 7) is 8.60. The summed E-state index contributed by atoms with van der Waals surface area (Å²) in [6, 6.07) is 1.59. The summed E-state index contributed by atoms with van der Waals surface area (Å²) >= 11 is 1.49. The highest BCUT2D eigenvalue weighted by atomic mass is 32.1. The molecule has 7 heteroatoms. The Kier molecular flexibility index (Phi) is 4.05. The molecule has 2 aromatic rings. The molecule has 0 saturated carbocycles. The van der Waals surface area contributed by atoms with Gasteiger partial charge in [0.15, 0.2) is 0 Å².